The Balaban J connectivity index is 3.13. The first kappa shape index (κ1) is 14.9. The summed E-state index contributed by atoms with van der Waals surface area (Å²) >= 11 is 0. The van der Waals surface area contributed by atoms with Gasteiger partial charge in [-0.3, -0.25) is 4.79 Å². The summed E-state index contributed by atoms with van der Waals surface area (Å²) in [5.41, 5.74) is 0.677. The first-order chi connectivity index (χ1) is 7.68. The number of hydrogen-bond acceptors (Lipinski definition) is 2. The standard InChI is InChI=1S/C14H23NO/c1-13(2)14(16)11-9-7-5-3-4-6-8-10-12-15/h1,3-11H2,2H3. The van der Waals surface area contributed by atoms with Gasteiger partial charge in [-0.2, -0.15) is 5.26 Å². The number of hydrogen-bond donors (Lipinski definition) is 0. The summed E-state index contributed by atoms with van der Waals surface area (Å²) in [5, 5.41) is 8.35. The van der Waals surface area contributed by atoms with Crippen molar-refractivity contribution in [2.45, 2.75) is 64.7 Å². The van der Waals surface area contributed by atoms with Gasteiger partial charge in [0.05, 0.1) is 6.07 Å². The SMILES string of the molecule is C=C(C)C(=O)CCCCCCCCCC#N. The highest BCUT2D eigenvalue weighted by Crippen LogP contribution is 2.10. The Morgan fingerprint density at radius 2 is 1.56 bits per heavy atom. The maximum Gasteiger partial charge on any atom is 0.157 e. The second kappa shape index (κ2) is 10.4. The highest BCUT2D eigenvalue weighted by Gasteiger charge is 2.01. The maximum absolute atomic E-state index is 11.2. The average Bonchev–Trinajstić information content (AvgIpc) is 2.26. The average molecular weight is 221 g/mol. The lowest BCUT2D eigenvalue weighted by Crippen LogP contribution is -1.97. The van der Waals surface area contributed by atoms with Crippen LogP contribution in [0.1, 0.15) is 64.7 Å². The number of carbonyl (C=O) groups is 1. The molecule has 90 valence electrons. The van der Waals surface area contributed by atoms with E-state index in [2.05, 4.69) is 12.6 Å². The van der Waals surface area contributed by atoms with Gasteiger partial charge in [0.2, 0.25) is 0 Å². The monoisotopic (exact) mass is 221 g/mol. The molecule has 0 aromatic heterocycles. The van der Waals surface area contributed by atoms with E-state index in [1.165, 1.54) is 19.3 Å². The lowest BCUT2D eigenvalue weighted by atomic mass is 10.0. The van der Waals surface area contributed by atoms with Gasteiger partial charge in [-0.15, -0.1) is 0 Å². The van der Waals surface area contributed by atoms with Crippen LogP contribution in [-0.4, -0.2) is 5.78 Å². The van der Waals surface area contributed by atoms with Crippen molar-refractivity contribution in [1.29, 1.82) is 5.26 Å². The molecule has 0 aliphatic carbocycles. The molecule has 0 aromatic carbocycles. The number of nitriles is 1. The normalized spacial score (nSPS) is 9.75. The zero-order valence-corrected chi connectivity index (χ0v) is 10.4. The van der Waals surface area contributed by atoms with Gasteiger partial charge in [-0.1, -0.05) is 38.7 Å². The molecule has 0 heterocycles. The summed E-state index contributed by atoms with van der Waals surface area (Å²) in [6, 6.07) is 2.16. The molecule has 0 aliphatic heterocycles. The number of allylic oxidation sites excluding steroid dienone is 1. The molecule has 0 rings (SSSR count). The van der Waals surface area contributed by atoms with E-state index in [0.717, 1.165) is 25.7 Å². The Morgan fingerprint density at radius 3 is 2.06 bits per heavy atom. The fourth-order valence-corrected chi connectivity index (χ4v) is 1.59. The van der Waals surface area contributed by atoms with Crippen LogP contribution in [0.3, 0.4) is 0 Å². The Labute approximate surface area is 99.3 Å². The Bertz CT molecular complexity index is 250. The van der Waals surface area contributed by atoms with Crippen molar-refractivity contribution in [1.82, 2.24) is 0 Å². The molecule has 0 spiro atoms. The van der Waals surface area contributed by atoms with E-state index in [1.807, 2.05) is 0 Å². The van der Waals surface area contributed by atoms with E-state index in [9.17, 15) is 4.79 Å². The van der Waals surface area contributed by atoms with Gasteiger partial charge in [-0.25, -0.2) is 0 Å². The lowest BCUT2D eigenvalue weighted by Gasteiger charge is -2.01. The van der Waals surface area contributed by atoms with Crippen molar-refractivity contribution in [2.24, 2.45) is 0 Å². The van der Waals surface area contributed by atoms with E-state index in [-0.39, 0.29) is 5.78 Å². The van der Waals surface area contributed by atoms with Gasteiger partial charge in [0, 0.05) is 12.8 Å². The third-order valence-electron chi connectivity index (χ3n) is 2.67. The van der Waals surface area contributed by atoms with Crippen molar-refractivity contribution in [3.8, 4) is 6.07 Å². The molecule has 0 N–H and O–H groups in total. The largest absolute Gasteiger partial charge is 0.295 e. The van der Waals surface area contributed by atoms with Crippen molar-refractivity contribution in [3.05, 3.63) is 12.2 Å². The van der Waals surface area contributed by atoms with Crippen LogP contribution in [0.2, 0.25) is 0 Å². The quantitative estimate of drug-likeness (QED) is 0.410. The number of rotatable bonds is 10. The molecule has 0 radical (unpaired) electrons. The van der Waals surface area contributed by atoms with Crippen LogP contribution in [0.5, 0.6) is 0 Å². The van der Waals surface area contributed by atoms with Crippen LogP contribution in [0.4, 0.5) is 0 Å². The summed E-state index contributed by atoms with van der Waals surface area (Å²) in [7, 11) is 0. The smallest absolute Gasteiger partial charge is 0.157 e. The first-order valence-corrected chi connectivity index (χ1v) is 6.24. The molecule has 0 fully saturated rings. The predicted octanol–water partition coefficient (Wildman–Crippen LogP) is 4.17. The number of ketones is 1. The van der Waals surface area contributed by atoms with E-state index >= 15 is 0 Å². The van der Waals surface area contributed by atoms with Crippen molar-refractivity contribution < 1.29 is 4.79 Å². The minimum Gasteiger partial charge on any atom is -0.295 e. The van der Waals surface area contributed by atoms with Crippen LogP contribution >= 0.6 is 0 Å². The summed E-state index contributed by atoms with van der Waals surface area (Å²) < 4.78 is 0. The summed E-state index contributed by atoms with van der Waals surface area (Å²) in [5.74, 6) is 0.203. The van der Waals surface area contributed by atoms with Crippen molar-refractivity contribution in [2.75, 3.05) is 0 Å². The van der Waals surface area contributed by atoms with Gasteiger partial charge in [0.25, 0.3) is 0 Å². The number of nitrogens with zero attached hydrogens (tertiary/aromatic N) is 1. The van der Waals surface area contributed by atoms with Crippen LogP contribution in [0.25, 0.3) is 0 Å². The zero-order chi connectivity index (χ0) is 12.2. The number of Topliss-reactive ketones (excluding diaryl/α,β-unsaturated/α-hetero) is 1. The van der Waals surface area contributed by atoms with E-state index < -0.39 is 0 Å². The van der Waals surface area contributed by atoms with Crippen molar-refractivity contribution in [3.63, 3.8) is 0 Å². The van der Waals surface area contributed by atoms with Crippen LogP contribution in [0, 0.1) is 11.3 Å². The molecule has 0 aromatic rings. The summed E-state index contributed by atoms with van der Waals surface area (Å²) in [6.07, 6.45) is 9.32. The van der Waals surface area contributed by atoms with Crippen LogP contribution in [0.15, 0.2) is 12.2 Å². The van der Waals surface area contributed by atoms with E-state index in [4.69, 9.17) is 5.26 Å². The minimum absolute atomic E-state index is 0.203. The van der Waals surface area contributed by atoms with E-state index in [1.54, 1.807) is 6.92 Å². The molecule has 0 saturated heterocycles. The van der Waals surface area contributed by atoms with E-state index in [0.29, 0.717) is 18.4 Å². The lowest BCUT2D eigenvalue weighted by molar-refractivity contribution is -0.115. The summed E-state index contributed by atoms with van der Waals surface area (Å²) in [6.45, 7) is 5.41. The van der Waals surface area contributed by atoms with Crippen LogP contribution in [-0.2, 0) is 4.79 Å². The molecule has 0 saturated carbocycles. The Morgan fingerprint density at radius 1 is 1.06 bits per heavy atom. The van der Waals surface area contributed by atoms with Crippen LogP contribution < -0.4 is 0 Å². The molecule has 2 heteroatoms. The van der Waals surface area contributed by atoms with Crippen molar-refractivity contribution >= 4 is 5.78 Å². The molecule has 0 amide bonds. The first-order valence-electron chi connectivity index (χ1n) is 6.24. The topological polar surface area (TPSA) is 40.9 Å². The third-order valence-corrected chi connectivity index (χ3v) is 2.67. The van der Waals surface area contributed by atoms with Gasteiger partial charge < -0.3 is 0 Å². The van der Waals surface area contributed by atoms with Gasteiger partial charge in [-0.05, 0) is 25.3 Å². The Hall–Kier alpha value is -1.10. The number of carbonyl (C=O) groups excluding carboxylic acids is 1. The highest BCUT2D eigenvalue weighted by molar-refractivity contribution is 5.93. The fourth-order valence-electron chi connectivity index (χ4n) is 1.59. The number of unbranched alkanes of at least 4 members (excludes halogenated alkanes) is 7. The maximum atomic E-state index is 11.2. The molecule has 0 atom stereocenters. The molecule has 0 unspecified atom stereocenters. The van der Waals surface area contributed by atoms with Gasteiger partial charge >= 0.3 is 0 Å². The zero-order valence-electron chi connectivity index (χ0n) is 10.4. The molecule has 2 nitrogen and oxygen atoms in total. The summed E-state index contributed by atoms with van der Waals surface area (Å²) in [4.78, 5) is 11.2. The minimum atomic E-state index is 0.203. The molecule has 16 heavy (non-hydrogen) atoms. The molecule has 0 bridgehead atoms. The van der Waals surface area contributed by atoms with Gasteiger partial charge in [0.1, 0.15) is 0 Å². The fraction of sp³-hybridized carbons (Fsp3) is 0.714. The molecular formula is C14H23NO. The second-order valence-electron chi connectivity index (χ2n) is 4.34. The highest BCUT2D eigenvalue weighted by atomic mass is 16.1. The van der Waals surface area contributed by atoms with Gasteiger partial charge in [0.15, 0.2) is 5.78 Å². The second-order valence-corrected chi connectivity index (χ2v) is 4.34. The predicted molar refractivity (Wildman–Crippen MR) is 67.0 cm³/mol. The molecule has 0 aliphatic rings. The molecular weight excluding hydrogens is 198 g/mol. The Kier molecular flexibility index (Phi) is 9.70. The third kappa shape index (κ3) is 9.45.